The van der Waals surface area contributed by atoms with Crippen LogP contribution in [-0.4, -0.2) is 59.1 Å². The Morgan fingerprint density at radius 3 is 2.77 bits per heavy atom. The summed E-state index contributed by atoms with van der Waals surface area (Å²) in [5, 5.41) is 13.8. The summed E-state index contributed by atoms with van der Waals surface area (Å²) >= 11 is 0. The van der Waals surface area contributed by atoms with Crippen LogP contribution in [0.2, 0.25) is 0 Å². The van der Waals surface area contributed by atoms with Crippen molar-refractivity contribution >= 4 is 5.91 Å². The molecule has 1 aliphatic carbocycles. The molecule has 0 radical (unpaired) electrons. The number of carbonyl (C=O) groups is 1. The lowest BCUT2D eigenvalue weighted by Crippen LogP contribution is -2.54. The molecule has 3 aromatic rings. The van der Waals surface area contributed by atoms with E-state index in [1.54, 1.807) is 17.0 Å². The zero-order valence-electron chi connectivity index (χ0n) is 20.5. The summed E-state index contributed by atoms with van der Waals surface area (Å²) in [5.41, 5.74) is 4.61. The van der Waals surface area contributed by atoms with E-state index in [0.29, 0.717) is 34.6 Å². The first-order valence-corrected chi connectivity index (χ1v) is 12.0. The number of nitrogens with zero attached hydrogens (tertiary/aromatic N) is 5. The van der Waals surface area contributed by atoms with E-state index < -0.39 is 0 Å². The zero-order valence-corrected chi connectivity index (χ0v) is 20.5. The predicted molar refractivity (Wildman–Crippen MR) is 130 cm³/mol. The third kappa shape index (κ3) is 4.28. The first kappa shape index (κ1) is 23.1. The molecule has 2 aromatic carbocycles. The number of hydrogen-bond acceptors (Lipinski definition) is 7. The normalized spacial score (nSPS) is 17.7. The van der Waals surface area contributed by atoms with Crippen molar-refractivity contribution in [2.75, 3.05) is 27.2 Å². The maximum absolute atomic E-state index is 12.2. The highest BCUT2D eigenvalue weighted by Gasteiger charge is 2.40. The monoisotopic (exact) mass is 471 g/mol. The number of rotatable bonds is 6. The van der Waals surface area contributed by atoms with Crippen molar-refractivity contribution in [3.63, 3.8) is 0 Å². The van der Waals surface area contributed by atoms with E-state index in [4.69, 9.17) is 9.26 Å². The molecular weight excluding hydrogens is 442 g/mol. The molecule has 0 N–H and O–H groups in total. The summed E-state index contributed by atoms with van der Waals surface area (Å²) in [6.45, 7) is 5.45. The molecule has 2 aliphatic rings. The van der Waals surface area contributed by atoms with Crippen LogP contribution in [0, 0.1) is 17.2 Å². The van der Waals surface area contributed by atoms with Crippen molar-refractivity contribution in [1.29, 1.82) is 5.26 Å². The second kappa shape index (κ2) is 9.16. The number of nitriles is 1. The quantitative estimate of drug-likeness (QED) is 0.535. The molecule has 180 valence electrons. The van der Waals surface area contributed by atoms with Crippen LogP contribution in [0.5, 0.6) is 5.75 Å². The minimum Gasteiger partial charge on any atom is -0.490 e. The first-order valence-electron chi connectivity index (χ1n) is 12.0. The number of hydrogen-bond donors (Lipinski definition) is 0. The van der Waals surface area contributed by atoms with Gasteiger partial charge in [-0.1, -0.05) is 23.4 Å². The highest BCUT2D eigenvalue weighted by atomic mass is 16.5. The molecule has 5 rings (SSSR count). The van der Waals surface area contributed by atoms with E-state index in [-0.39, 0.29) is 17.9 Å². The van der Waals surface area contributed by atoms with E-state index in [1.807, 2.05) is 46.1 Å². The van der Waals surface area contributed by atoms with Gasteiger partial charge in [0.2, 0.25) is 11.7 Å². The van der Waals surface area contributed by atoms with E-state index in [1.165, 1.54) is 11.1 Å². The van der Waals surface area contributed by atoms with Crippen LogP contribution < -0.4 is 4.74 Å². The Morgan fingerprint density at radius 1 is 1.26 bits per heavy atom. The fourth-order valence-corrected chi connectivity index (χ4v) is 5.07. The lowest BCUT2D eigenvalue weighted by Gasteiger charge is -2.43. The van der Waals surface area contributed by atoms with Crippen LogP contribution in [0.3, 0.4) is 0 Å². The topological polar surface area (TPSA) is 95.5 Å². The average molecular weight is 472 g/mol. The smallest absolute Gasteiger partial charge is 0.258 e. The molecule has 1 saturated heterocycles. The molecule has 8 heteroatoms. The second-order valence-electron chi connectivity index (χ2n) is 9.72. The molecule has 1 aliphatic heterocycles. The standard InChI is InChI=1S/C27H29N5O3/c1-16(2)34-24-11-8-17(12-18(24)13-28)26-29-25(30-35-26)22-7-5-6-21-20(22)9-10-23(21)32-14-19(15-32)27(33)31(3)4/h5-8,11-12,16,19,23H,9-10,14-15H2,1-4H3. The van der Waals surface area contributed by atoms with Crippen LogP contribution in [0.25, 0.3) is 22.8 Å². The Kier molecular flexibility index (Phi) is 6.03. The van der Waals surface area contributed by atoms with Gasteiger partial charge in [0, 0.05) is 44.4 Å². The highest BCUT2D eigenvalue weighted by Crippen LogP contribution is 2.43. The van der Waals surface area contributed by atoms with Crippen molar-refractivity contribution < 1.29 is 14.1 Å². The molecule has 1 unspecified atom stereocenters. The Labute approximate surface area is 205 Å². The Bertz CT molecular complexity index is 1300. The van der Waals surface area contributed by atoms with Gasteiger partial charge in [0.25, 0.3) is 5.89 Å². The first-order chi connectivity index (χ1) is 16.9. The number of fused-ring (bicyclic) bond motifs is 1. The van der Waals surface area contributed by atoms with Gasteiger partial charge in [0.1, 0.15) is 11.8 Å². The summed E-state index contributed by atoms with van der Waals surface area (Å²) in [5.74, 6) is 1.75. The second-order valence-corrected chi connectivity index (χ2v) is 9.72. The molecular formula is C27H29N5O3. The fourth-order valence-electron chi connectivity index (χ4n) is 5.07. The molecule has 1 atom stereocenters. The number of ether oxygens (including phenoxy) is 1. The zero-order chi connectivity index (χ0) is 24.7. The Hall–Kier alpha value is -3.70. The highest BCUT2D eigenvalue weighted by molar-refractivity contribution is 5.79. The maximum atomic E-state index is 12.2. The average Bonchev–Trinajstić information content (AvgIpc) is 3.46. The van der Waals surface area contributed by atoms with E-state index >= 15 is 0 Å². The molecule has 2 heterocycles. The van der Waals surface area contributed by atoms with Crippen molar-refractivity contribution in [2.45, 2.75) is 38.8 Å². The van der Waals surface area contributed by atoms with Crippen molar-refractivity contribution in [3.8, 4) is 34.7 Å². The molecule has 1 amide bonds. The van der Waals surface area contributed by atoms with Crippen molar-refractivity contribution in [2.24, 2.45) is 5.92 Å². The van der Waals surface area contributed by atoms with E-state index in [2.05, 4.69) is 27.2 Å². The molecule has 1 fully saturated rings. The number of benzene rings is 2. The van der Waals surface area contributed by atoms with Gasteiger partial charge < -0.3 is 14.2 Å². The van der Waals surface area contributed by atoms with Gasteiger partial charge in [-0.2, -0.15) is 10.2 Å². The lowest BCUT2D eigenvalue weighted by molar-refractivity contribution is -0.139. The number of aromatic nitrogens is 2. The maximum Gasteiger partial charge on any atom is 0.258 e. The molecule has 8 nitrogen and oxygen atoms in total. The number of amides is 1. The fraction of sp³-hybridized carbons (Fsp3) is 0.407. The van der Waals surface area contributed by atoms with Gasteiger partial charge in [-0.15, -0.1) is 0 Å². The summed E-state index contributed by atoms with van der Waals surface area (Å²) in [7, 11) is 3.63. The van der Waals surface area contributed by atoms with Crippen LogP contribution >= 0.6 is 0 Å². The SMILES string of the molecule is CC(C)Oc1ccc(-c2nc(-c3cccc4c3CCC4N3CC(C(=O)N(C)C)C3)no2)cc1C#N. The van der Waals surface area contributed by atoms with Crippen LogP contribution in [0.1, 0.15) is 43.0 Å². The van der Waals surface area contributed by atoms with Gasteiger partial charge in [0.05, 0.1) is 17.6 Å². The summed E-state index contributed by atoms with van der Waals surface area (Å²) in [4.78, 5) is 21.0. The number of likely N-dealkylation sites (tertiary alicyclic amines) is 1. The van der Waals surface area contributed by atoms with E-state index in [9.17, 15) is 10.1 Å². The molecule has 35 heavy (non-hydrogen) atoms. The van der Waals surface area contributed by atoms with Gasteiger partial charge >= 0.3 is 0 Å². The van der Waals surface area contributed by atoms with Crippen LogP contribution in [-0.2, 0) is 11.2 Å². The summed E-state index contributed by atoms with van der Waals surface area (Å²) in [6.07, 6.45) is 1.92. The Morgan fingerprint density at radius 2 is 2.06 bits per heavy atom. The largest absolute Gasteiger partial charge is 0.490 e. The van der Waals surface area contributed by atoms with Gasteiger partial charge in [-0.3, -0.25) is 9.69 Å². The van der Waals surface area contributed by atoms with Gasteiger partial charge in [0.15, 0.2) is 0 Å². The number of carbonyl (C=O) groups excluding carboxylic acids is 1. The minimum atomic E-state index is -0.0254. The molecule has 0 spiro atoms. The van der Waals surface area contributed by atoms with Crippen LogP contribution in [0.4, 0.5) is 0 Å². The molecule has 1 aromatic heterocycles. The Balaban J connectivity index is 1.37. The third-order valence-corrected chi connectivity index (χ3v) is 6.76. The van der Waals surface area contributed by atoms with Gasteiger partial charge in [-0.05, 0) is 56.0 Å². The predicted octanol–water partition coefficient (Wildman–Crippen LogP) is 4.07. The van der Waals surface area contributed by atoms with Crippen LogP contribution in [0.15, 0.2) is 40.9 Å². The third-order valence-electron chi connectivity index (χ3n) is 6.76. The molecule has 0 bridgehead atoms. The van der Waals surface area contributed by atoms with Gasteiger partial charge in [-0.25, -0.2) is 0 Å². The lowest BCUT2D eigenvalue weighted by atomic mass is 9.93. The minimum absolute atomic E-state index is 0.0254. The van der Waals surface area contributed by atoms with Crippen molar-refractivity contribution in [3.05, 3.63) is 53.1 Å². The van der Waals surface area contributed by atoms with Crippen molar-refractivity contribution in [1.82, 2.24) is 19.9 Å². The van der Waals surface area contributed by atoms with E-state index in [0.717, 1.165) is 31.5 Å². The summed E-state index contributed by atoms with van der Waals surface area (Å²) in [6, 6.07) is 14.1. The molecule has 0 saturated carbocycles. The summed E-state index contributed by atoms with van der Waals surface area (Å²) < 4.78 is 11.3.